The van der Waals surface area contributed by atoms with E-state index in [0.717, 1.165) is 5.69 Å². The van der Waals surface area contributed by atoms with E-state index in [1.165, 1.54) is 6.08 Å². The standard InChI is InChI=1S/C21H24N2O2/c1-3-22(4-2)21(25)23(19-14-9-6-10-15-19)17-11-16-20(24)18-12-7-5-8-13-18/h5-16H,3-4,17H2,1-2H3/b16-11+. The smallest absolute Gasteiger partial charge is 0.324 e. The Hall–Kier alpha value is -2.88. The van der Waals surface area contributed by atoms with E-state index in [2.05, 4.69) is 0 Å². The molecule has 0 bridgehead atoms. The number of para-hydroxylation sites is 1. The molecule has 0 N–H and O–H groups in total. The number of allylic oxidation sites excluding steroid dienone is 1. The Balaban J connectivity index is 2.15. The monoisotopic (exact) mass is 336 g/mol. The Labute approximate surface area is 149 Å². The summed E-state index contributed by atoms with van der Waals surface area (Å²) in [5, 5.41) is 0. The van der Waals surface area contributed by atoms with Gasteiger partial charge < -0.3 is 4.90 Å². The molecule has 4 nitrogen and oxygen atoms in total. The van der Waals surface area contributed by atoms with Gasteiger partial charge in [-0.05, 0) is 32.1 Å². The molecule has 0 saturated heterocycles. The van der Waals surface area contributed by atoms with E-state index in [9.17, 15) is 9.59 Å². The van der Waals surface area contributed by atoms with Crippen LogP contribution in [0.15, 0.2) is 72.8 Å². The van der Waals surface area contributed by atoms with Crippen molar-refractivity contribution in [2.75, 3.05) is 24.5 Å². The minimum Gasteiger partial charge on any atom is -0.325 e. The second-order valence-corrected chi connectivity index (χ2v) is 5.53. The van der Waals surface area contributed by atoms with Crippen LogP contribution in [0.25, 0.3) is 0 Å². The summed E-state index contributed by atoms with van der Waals surface area (Å²) in [5.74, 6) is -0.0658. The molecule has 0 aliphatic heterocycles. The number of rotatable bonds is 7. The van der Waals surface area contributed by atoms with Crippen molar-refractivity contribution in [3.8, 4) is 0 Å². The third-order valence-corrected chi connectivity index (χ3v) is 3.95. The van der Waals surface area contributed by atoms with Crippen LogP contribution >= 0.6 is 0 Å². The molecule has 0 fully saturated rings. The summed E-state index contributed by atoms with van der Waals surface area (Å²) in [6.07, 6.45) is 3.27. The number of ketones is 1. The third kappa shape index (κ3) is 5.05. The molecule has 0 radical (unpaired) electrons. The molecule has 0 atom stereocenters. The fourth-order valence-corrected chi connectivity index (χ4v) is 2.53. The molecule has 2 aromatic carbocycles. The van der Waals surface area contributed by atoms with Crippen molar-refractivity contribution in [3.05, 3.63) is 78.4 Å². The lowest BCUT2D eigenvalue weighted by molar-refractivity contribution is 0.104. The Morgan fingerprint density at radius 2 is 1.44 bits per heavy atom. The molecule has 25 heavy (non-hydrogen) atoms. The van der Waals surface area contributed by atoms with Crippen molar-refractivity contribution < 1.29 is 9.59 Å². The van der Waals surface area contributed by atoms with E-state index >= 15 is 0 Å². The van der Waals surface area contributed by atoms with Crippen LogP contribution in [0, 0.1) is 0 Å². The number of hydrogen-bond donors (Lipinski definition) is 0. The maximum absolute atomic E-state index is 12.8. The zero-order valence-corrected chi connectivity index (χ0v) is 14.8. The minimum absolute atomic E-state index is 0.0620. The number of carbonyl (C=O) groups excluding carboxylic acids is 2. The predicted molar refractivity (Wildman–Crippen MR) is 102 cm³/mol. The van der Waals surface area contributed by atoms with Crippen LogP contribution in [-0.2, 0) is 0 Å². The molecule has 130 valence electrons. The first-order valence-electron chi connectivity index (χ1n) is 8.54. The van der Waals surface area contributed by atoms with Gasteiger partial charge in [0, 0.05) is 30.9 Å². The van der Waals surface area contributed by atoms with E-state index in [1.807, 2.05) is 62.4 Å². The van der Waals surface area contributed by atoms with Gasteiger partial charge in [0.05, 0.1) is 0 Å². The van der Waals surface area contributed by atoms with Crippen LogP contribution < -0.4 is 4.90 Å². The van der Waals surface area contributed by atoms with Gasteiger partial charge in [-0.1, -0.05) is 54.6 Å². The molecule has 2 rings (SSSR count). The largest absolute Gasteiger partial charge is 0.325 e. The second kappa shape index (κ2) is 9.42. The Morgan fingerprint density at radius 3 is 2.00 bits per heavy atom. The third-order valence-electron chi connectivity index (χ3n) is 3.95. The van der Waals surface area contributed by atoms with Crippen molar-refractivity contribution in [2.45, 2.75) is 13.8 Å². The van der Waals surface area contributed by atoms with E-state index in [1.54, 1.807) is 28.0 Å². The summed E-state index contributed by atoms with van der Waals surface area (Å²) in [5.41, 5.74) is 1.45. The highest BCUT2D eigenvalue weighted by Gasteiger charge is 2.19. The molecular formula is C21H24N2O2. The quantitative estimate of drug-likeness (QED) is 0.555. The van der Waals surface area contributed by atoms with Crippen molar-refractivity contribution in [1.82, 2.24) is 4.90 Å². The van der Waals surface area contributed by atoms with Crippen LogP contribution in [0.1, 0.15) is 24.2 Å². The maximum Gasteiger partial charge on any atom is 0.324 e. The second-order valence-electron chi connectivity index (χ2n) is 5.53. The van der Waals surface area contributed by atoms with E-state index in [0.29, 0.717) is 25.2 Å². The Kier molecular flexibility index (Phi) is 6.96. The number of hydrogen-bond acceptors (Lipinski definition) is 2. The van der Waals surface area contributed by atoms with Gasteiger partial charge in [-0.15, -0.1) is 0 Å². The zero-order valence-electron chi connectivity index (χ0n) is 14.8. The molecule has 0 unspecified atom stereocenters. The predicted octanol–water partition coefficient (Wildman–Crippen LogP) is 4.39. The lowest BCUT2D eigenvalue weighted by Crippen LogP contribution is -2.43. The topological polar surface area (TPSA) is 40.6 Å². The van der Waals surface area contributed by atoms with Crippen molar-refractivity contribution in [2.24, 2.45) is 0 Å². The molecule has 0 saturated carbocycles. The zero-order chi connectivity index (χ0) is 18.1. The fraction of sp³-hybridized carbons (Fsp3) is 0.238. The summed E-state index contributed by atoms with van der Waals surface area (Å²) in [7, 11) is 0. The van der Waals surface area contributed by atoms with E-state index in [4.69, 9.17) is 0 Å². The summed E-state index contributed by atoms with van der Waals surface area (Å²) >= 11 is 0. The highest BCUT2D eigenvalue weighted by Crippen LogP contribution is 2.15. The fourth-order valence-electron chi connectivity index (χ4n) is 2.53. The van der Waals surface area contributed by atoms with Crippen LogP contribution in [0.5, 0.6) is 0 Å². The van der Waals surface area contributed by atoms with Gasteiger partial charge in [-0.3, -0.25) is 9.69 Å². The van der Waals surface area contributed by atoms with Crippen molar-refractivity contribution >= 4 is 17.5 Å². The normalized spacial score (nSPS) is 10.6. The number of carbonyl (C=O) groups is 2. The SMILES string of the molecule is CCN(CC)C(=O)N(C/C=C/C(=O)c1ccccc1)c1ccccc1. The minimum atomic E-state index is -0.0658. The summed E-state index contributed by atoms with van der Waals surface area (Å²) in [6.45, 7) is 5.55. The molecular weight excluding hydrogens is 312 g/mol. The highest BCUT2D eigenvalue weighted by atomic mass is 16.2. The van der Waals surface area contributed by atoms with E-state index < -0.39 is 0 Å². The van der Waals surface area contributed by atoms with Crippen molar-refractivity contribution in [1.29, 1.82) is 0 Å². The van der Waals surface area contributed by atoms with Crippen LogP contribution in [-0.4, -0.2) is 36.3 Å². The molecule has 4 heteroatoms. The number of nitrogens with zero attached hydrogens (tertiary/aromatic N) is 2. The summed E-state index contributed by atoms with van der Waals surface area (Å²) in [6, 6.07) is 18.6. The number of anilines is 1. The van der Waals surface area contributed by atoms with Gasteiger partial charge in [-0.2, -0.15) is 0 Å². The molecule has 2 amide bonds. The lowest BCUT2D eigenvalue weighted by atomic mass is 10.1. The first kappa shape index (κ1) is 18.5. The van der Waals surface area contributed by atoms with Gasteiger partial charge in [0.1, 0.15) is 0 Å². The number of benzene rings is 2. The lowest BCUT2D eigenvalue weighted by Gasteiger charge is -2.28. The first-order chi connectivity index (χ1) is 12.2. The Morgan fingerprint density at radius 1 is 0.880 bits per heavy atom. The average Bonchev–Trinajstić information content (AvgIpc) is 2.67. The molecule has 0 aromatic heterocycles. The van der Waals surface area contributed by atoms with Crippen LogP contribution in [0.4, 0.5) is 10.5 Å². The molecule has 2 aromatic rings. The molecule has 0 heterocycles. The number of amides is 2. The Bertz CT molecular complexity index is 707. The van der Waals surface area contributed by atoms with Gasteiger partial charge in [-0.25, -0.2) is 4.79 Å². The maximum atomic E-state index is 12.8. The van der Waals surface area contributed by atoms with E-state index in [-0.39, 0.29) is 11.8 Å². The molecule has 0 aliphatic carbocycles. The van der Waals surface area contributed by atoms with Gasteiger partial charge in [0.2, 0.25) is 0 Å². The van der Waals surface area contributed by atoms with Gasteiger partial charge >= 0.3 is 6.03 Å². The molecule has 0 aliphatic rings. The average molecular weight is 336 g/mol. The number of urea groups is 1. The summed E-state index contributed by atoms with van der Waals surface area (Å²) in [4.78, 5) is 28.4. The first-order valence-corrected chi connectivity index (χ1v) is 8.54. The van der Waals surface area contributed by atoms with Crippen LogP contribution in [0.3, 0.4) is 0 Å². The summed E-state index contributed by atoms with van der Waals surface area (Å²) < 4.78 is 0. The van der Waals surface area contributed by atoms with Crippen molar-refractivity contribution in [3.63, 3.8) is 0 Å². The van der Waals surface area contributed by atoms with Crippen LogP contribution in [0.2, 0.25) is 0 Å². The van der Waals surface area contributed by atoms with Gasteiger partial charge in [0.25, 0.3) is 0 Å². The molecule has 0 spiro atoms. The highest BCUT2D eigenvalue weighted by molar-refractivity contribution is 6.04. The van der Waals surface area contributed by atoms with Gasteiger partial charge in [0.15, 0.2) is 5.78 Å².